The molecule has 0 saturated carbocycles. The van der Waals surface area contributed by atoms with Crippen LogP contribution >= 0.6 is 23.4 Å². The molecule has 3 nitrogen and oxygen atoms in total. The van der Waals surface area contributed by atoms with Crippen LogP contribution in [0.1, 0.15) is 48.7 Å². The Morgan fingerprint density at radius 2 is 1.58 bits per heavy atom. The lowest BCUT2D eigenvalue weighted by atomic mass is 9.86. The third-order valence-electron chi connectivity index (χ3n) is 4.83. The highest BCUT2D eigenvalue weighted by atomic mass is 35.5. The van der Waals surface area contributed by atoms with Crippen LogP contribution in [0.4, 0.5) is 5.69 Å². The van der Waals surface area contributed by atoms with Gasteiger partial charge in [-0.15, -0.1) is 11.8 Å². The Morgan fingerprint density at radius 1 is 0.903 bits per heavy atom. The van der Waals surface area contributed by atoms with Crippen molar-refractivity contribution in [2.45, 2.75) is 37.5 Å². The number of halogens is 1. The lowest BCUT2D eigenvalue weighted by molar-refractivity contribution is -0.115. The van der Waals surface area contributed by atoms with Crippen LogP contribution in [-0.2, 0) is 10.2 Å². The van der Waals surface area contributed by atoms with Gasteiger partial charge in [-0.1, -0.05) is 68.8 Å². The minimum absolute atomic E-state index is 0.0393. The molecule has 0 radical (unpaired) electrons. The number of amides is 1. The van der Waals surface area contributed by atoms with E-state index in [9.17, 15) is 9.59 Å². The highest BCUT2D eigenvalue weighted by molar-refractivity contribution is 7.99. The highest BCUT2D eigenvalue weighted by Gasteiger charge is 2.15. The number of hydrogen-bond donors (Lipinski definition) is 1. The summed E-state index contributed by atoms with van der Waals surface area (Å²) < 4.78 is 0. The van der Waals surface area contributed by atoms with Crippen molar-refractivity contribution in [3.63, 3.8) is 0 Å². The van der Waals surface area contributed by atoms with Crippen LogP contribution < -0.4 is 5.32 Å². The summed E-state index contributed by atoms with van der Waals surface area (Å²) in [5.41, 5.74) is 3.03. The molecule has 3 aromatic carbocycles. The topological polar surface area (TPSA) is 46.2 Å². The van der Waals surface area contributed by atoms with E-state index < -0.39 is 0 Å². The minimum Gasteiger partial charge on any atom is -0.326 e. The molecule has 0 spiro atoms. The molecule has 0 aliphatic carbocycles. The van der Waals surface area contributed by atoms with E-state index in [1.54, 1.807) is 36.0 Å². The van der Waals surface area contributed by atoms with Gasteiger partial charge in [0, 0.05) is 38.9 Å². The van der Waals surface area contributed by atoms with E-state index in [1.165, 1.54) is 5.56 Å². The molecule has 5 heteroatoms. The van der Waals surface area contributed by atoms with Gasteiger partial charge < -0.3 is 5.32 Å². The van der Waals surface area contributed by atoms with Crippen molar-refractivity contribution in [2.75, 3.05) is 11.1 Å². The van der Waals surface area contributed by atoms with Crippen LogP contribution in [0.5, 0.6) is 0 Å². The minimum atomic E-state index is -0.0828. The third kappa shape index (κ3) is 6.71. The summed E-state index contributed by atoms with van der Waals surface area (Å²) in [6.07, 6.45) is 0.375. The van der Waals surface area contributed by atoms with E-state index in [-0.39, 0.29) is 17.1 Å². The van der Waals surface area contributed by atoms with Crippen molar-refractivity contribution in [3.8, 4) is 0 Å². The van der Waals surface area contributed by atoms with Crippen molar-refractivity contribution in [3.05, 3.63) is 94.5 Å². The van der Waals surface area contributed by atoms with E-state index in [0.29, 0.717) is 34.0 Å². The van der Waals surface area contributed by atoms with Gasteiger partial charge in [0.05, 0.1) is 0 Å². The van der Waals surface area contributed by atoms with Crippen LogP contribution in [-0.4, -0.2) is 17.4 Å². The van der Waals surface area contributed by atoms with Crippen LogP contribution in [0.25, 0.3) is 0 Å². The second-order valence-corrected chi connectivity index (χ2v) is 9.94. The number of nitrogens with one attached hydrogen (secondary N) is 1. The van der Waals surface area contributed by atoms with Gasteiger partial charge >= 0.3 is 0 Å². The van der Waals surface area contributed by atoms with Crippen molar-refractivity contribution in [2.24, 2.45) is 0 Å². The molecule has 160 valence electrons. The molecule has 0 heterocycles. The van der Waals surface area contributed by atoms with Gasteiger partial charge in [0.15, 0.2) is 5.78 Å². The molecule has 3 aromatic rings. The number of hydrogen-bond acceptors (Lipinski definition) is 3. The number of benzene rings is 3. The van der Waals surface area contributed by atoms with Gasteiger partial charge in [-0.2, -0.15) is 0 Å². The maximum atomic E-state index is 12.9. The van der Waals surface area contributed by atoms with Crippen molar-refractivity contribution >= 4 is 40.7 Å². The lowest BCUT2D eigenvalue weighted by Gasteiger charge is -2.19. The zero-order valence-corrected chi connectivity index (χ0v) is 19.5. The molecular weight excluding hydrogens is 426 g/mol. The number of carbonyl (C=O) groups excluding carboxylic acids is 2. The SMILES string of the molecule is CC(C)(C)c1ccc(C(=O)c2cccc(NC(=O)CCSc3ccc(Cl)cc3)c2)cc1. The molecule has 1 N–H and O–H groups in total. The molecule has 0 aliphatic heterocycles. The summed E-state index contributed by atoms with van der Waals surface area (Å²) in [5, 5.41) is 3.58. The van der Waals surface area contributed by atoms with Gasteiger partial charge in [-0.25, -0.2) is 0 Å². The number of ketones is 1. The first-order valence-electron chi connectivity index (χ1n) is 10.2. The van der Waals surface area contributed by atoms with Crippen LogP contribution in [0.2, 0.25) is 5.02 Å². The standard InChI is InChI=1S/C26H26ClNO2S/c1-26(2,3)20-9-7-18(8-10-20)25(30)19-5-4-6-22(17-19)28-24(29)15-16-31-23-13-11-21(27)12-14-23/h4-14,17H,15-16H2,1-3H3,(H,28,29). The Hall–Kier alpha value is -2.56. The molecule has 0 fully saturated rings. The zero-order valence-electron chi connectivity index (χ0n) is 17.9. The average molecular weight is 452 g/mol. The second kappa shape index (κ2) is 10.2. The highest BCUT2D eigenvalue weighted by Crippen LogP contribution is 2.24. The maximum Gasteiger partial charge on any atom is 0.225 e. The maximum absolute atomic E-state index is 12.9. The fourth-order valence-electron chi connectivity index (χ4n) is 3.04. The van der Waals surface area contributed by atoms with Crippen LogP contribution in [0.3, 0.4) is 0 Å². The number of rotatable bonds is 7. The molecule has 0 saturated heterocycles. The van der Waals surface area contributed by atoms with E-state index in [4.69, 9.17) is 11.6 Å². The molecular formula is C26H26ClNO2S. The van der Waals surface area contributed by atoms with E-state index >= 15 is 0 Å². The average Bonchev–Trinajstić information content (AvgIpc) is 2.74. The van der Waals surface area contributed by atoms with Gasteiger partial charge in [-0.3, -0.25) is 9.59 Å². The fourth-order valence-corrected chi connectivity index (χ4v) is 4.02. The van der Waals surface area contributed by atoms with Crippen LogP contribution in [0.15, 0.2) is 77.7 Å². The van der Waals surface area contributed by atoms with Gasteiger partial charge in [0.2, 0.25) is 5.91 Å². The molecule has 0 aliphatic rings. The Kier molecular flexibility index (Phi) is 7.58. The summed E-state index contributed by atoms with van der Waals surface area (Å²) in [5.74, 6) is 0.516. The predicted molar refractivity (Wildman–Crippen MR) is 130 cm³/mol. The van der Waals surface area contributed by atoms with E-state index in [0.717, 1.165) is 4.90 Å². The largest absolute Gasteiger partial charge is 0.326 e. The molecule has 1 amide bonds. The van der Waals surface area contributed by atoms with Gasteiger partial charge in [0.1, 0.15) is 0 Å². The smallest absolute Gasteiger partial charge is 0.225 e. The fraction of sp³-hybridized carbons (Fsp3) is 0.231. The molecule has 0 unspecified atom stereocenters. The number of thioether (sulfide) groups is 1. The lowest BCUT2D eigenvalue weighted by Crippen LogP contribution is -2.13. The van der Waals surface area contributed by atoms with Gasteiger partial charge in [-0.05, 0) is 47.4 Å². The Balaban J connectivity index is 1.58. The first-order chi connectivity index (χ1) is 14.7. The summed E-state index contributed by atoms with van der Waals surface area (Å²) in [6, 6.07) is 22.3. The summed E-state index contributed by atoms with van der Waals surface area (Å²) in [4.78, 5) is 26.3. The third-order valence-corrected chi connectivity index (χ3v) is 6.10. The first kappa shape index (κ1) is 23.1. The first-order valence-corrected chi connectivity index (χ1v) is 11.5. The Morgan fingerprint density at radius 3 is 2.23 bits per heavy atom. The Bertz CT molecular complexity index is 1050. The Labute approximate surface area is 193 Å². The quantitative estimate of drug-likeness (QED) is 0.311. The molecule has 3 rings (SSSR count). The summed E-state index contributed by atoms with van der Waals surface area (Å²) in [6.45, 7) is 6.43. The van der Waals surface area contributed by atoms with Gasteiger partial charge in [0.25, 0.3) is 0 Å². The molecule has 0 aromatic heterocycles. The van der Waals surface area contributed by atoms with Crippen molar-refractivity contribution in [1.29, 1.82) is 0 Å². The second-order valence-electron chi connectivity index (χ2n) is 8.34. The van der Waals surface area contributed by atoms with Crippen molar-refractivity contribution < 1.29 is 9.59 Å². The molecule has 0 bridgehead atoms. The normalized spacial score (nSPS) is 11.2. The van der Waals surface area contributed by atoms with E-state index in [2.05, 4.69) is 26.1 Å². The predicted octanol–water partition coefficient (Wildman–Crippen LogP) is 6.99. The summed E-state index contributed by atoms with van der Waals surface area (Å²) >= 11 is 7.49. The zero-order chi connectivity index (χ0) is 22.4. The van der Waals surface area contributed by atoms with Crippen LogP contribution in [0, 0.1) is 0 Å². The van der Waals surface area contributed by atoms with Crippen molar-refractivity contribution in [1.82, 2.24) is 0 Å². The number of anilines is 1. The summed E-state index contributed by atoms with van der Waals surface area (Å²) in [7, 11) is 0. The monoisotopic (exact) mass is 451 g/mol. The molecule has 31 heavy (non-hydrogen) atoms. The number of carbonyl (C=O) groups is 2. The molecule has 0 atom stereocenters. The van der Waals surface area contributed by atoms with E-state index in [1.807, 2.05) is 48.5 Å².